The van der Waals surface area contributed by atoms with E-state index in [1.165, 1.54) is 0 Å². The van der Waals surface area contributed by atoms with Crippen LogP contribution in [0.2, 0.25) is 0 Å². The Morgan fingerprint density at radius 2 is 1.75 bits per heavy atom. The van der Waals surface area contributed by atoms with Gasteiger partial charge in [0, 0.05) is 5.69 Å². The number of amides is 1. The quantitative estimate of drug-likeness (QED) is 0.839. The Balaban J connectivity index is 2.25. The summed E-state index contributed by atoms with van der Waals surface area (Å²) in [5.41, 5.74) is 3.69. The van der Waals surface area contributed by atoms with Crippen LogP contribution in [0.3, 0.4) is 0 Å². The molecular formula is C20H23NO3. The fourth-order valence-corrected chi connectivity index (χ4v) is 2.77. The summed E-state index contributed by atoms with van der Waals surface area (Å²) in [5, 5.41) is 12.1. The number of carboxylic acids is 1. The molecular weight excluding hydrogens is 302 g/mol. The van der Waals surface area contributed by atoms with Gasteiger partial charge in [-0.15, -0.1) is 0 Å². The molecule has 2 rings (SSSR count). The van der Waals surface area contributed by atoms with Crippen molar-refractivity contribution in [1.82, 2.24) is 0 Å². The summed E-state index contributed by atoms with van der Waals surface area (Å²) in [5.74, 6) is -2.06. The number of anilines is 1. The summed E-state index contributed by atoms with van der Waals surface area (Å²) in [6, 6.07) is 15.4. The van der Waals surface area contributed by atoms with Crippen LogP contribution in [0, 0.1) is 19.8 Å². The Morgan fingerprint density at radius 1 is 1.08 bits per heavy atom. The largest absolute Gasteiger partial charge is 0.481 e. The molecule has 1 amide bonds. The predicted molar refractivity (Wildman–Crippen MR) is 95.1 cm³/mol. The van der Waals surface area contributed by atoms with E-state index in [1.54, 1.807) is 0 Å². The number of rotatable bonds is 6. The number of benzene rings is 2. The van der Waals surface area contributed by atoms with Gasteiger partial charge in [0.2, 0.25) is 5.91 Å². The molecule has 2 aromatic rings. The van der Waals surface area contributed by atoms with Crippen molar-refractivity contribution in [3.8, 4) is 0 Å². The zero-order chi connectivity index (χ0) is 17.7. The Bertz CT molecular complexity index is 725. The van der Waals surface area contributed by atoms with Crippen molar-refractivity contribution in [3.05, 3.63) is 65.2 Å². The van der Waals surface area contributed by atoms with Crippen LogP contribution in [-0.2, 0) is 9.59 Å². The van der Waals surface area contributed by atoms with E-state index in [4.69, 9.17) is 0 Å². The first-order valence-electron chi connectivity index (χ1n) is 8.03. The van der Waals surface area contributed by atoms with Crippen molar-refractivity contribution in [2.24, 2.45) is 5.92 Å². The molecule has 0 aliphatic heterocycles. The molecule has 0 aromatic heterocycles. The van der Waals surface area contributed by atoms with E-state index in [0.29, 0.717) is 0 Å². The Kier molecular flexibility index (Phi) is 5.74. The van der Waals surface area contributed by atoms with Gasteiger partial charge in [0.1, 0.15) is 0 Å². The first-order valence-corrected chi connectivity index (χ1v) is 8.03. The van der Waals surface area contributed by atoms with Crippen molar-refractivity contribution in [2.75, 3.05) is 5.32 Å². The number of carbonyl (C=O) groups is 2. The highest BCUT2D eigenvalue weighted by atomic mass is 16.4. The lowest BCUT2D eigenvalue weighted by Gasteiger charge is -2.23. The lowest BCUT2D eigenvalue weighted by molar-refractivity contribution is -0.140. The normalized spacial score (nSPS) is 13.1. The van der Waals surface area contributed by atoms with Crippen LogP contribution in [0.1, 0.15) is 36.0 Å². The van der Waals surface area contributed by atoms with Crippen molar-refractivity contribution < 1.29 is 14.7 Å². The Labute approximate surface area is 142 Å². The average molecular weight is 325 g/mol. The van der Waals surface area contributed by atoms with E-state index < -0.39 is 11.9 Å². The lowest BCUT2D eigenvalue weighted by Crippen LogP contribution is -2.29. The van der Waals surface area contributed by atoms with Crippen LogP contribution in [0.15, 0.2) is 48.5 Å². The van der Waals surface area contributed by atoms with Gasteiger partial charge >= 0.3 is 5.97 Å². The second-order valence-corrected chi connectivity index (χ2v) is 6.21. The molecule has 2 aromatic carbocycles. The highest BCUT2D eigenvalue weighted by Crippen LogP contribution is 2.29. The average Bonchev–Trinajstić information content (AvgIpc) is 2.56. The zero-order valence-corrected chi connectivity index (χ0v) is 14.2. The molecule has 0 radical (unpaired) electrons. The van der Waals surface area contributed by atoms with Crippen molar-refractivity contribution >= 4 is 17.6 Å². The summed E-state index contributed by atoms with van der Waals surface area (Å²) in [6.07, 6.45) is -0.202. The maximum Gasteiger partial charge on any atom is 0.304 e. The number of nitrogens with one attached hydrogen (secondary N) is 1. The third-order valence-corrected chi connectivity index (χ3v) is 4.31. The van der Waals surface area contributed by atoms with Gasteiger partial charge in [-0.1, -0.05) is 49.4 Å². The second kappa shape index (κ2) is 7.77. The van der Waals surface area contributed by atoms with Gasteiger partial charge in [0.25, 0.3) is 0 Å². The Hall–Kier alpha value is -2.62. The molecule has 0 saturated carbocycles. The van der Waals surface area contributed by atoms with Crippen LogP contribution in [0.25, 0.3) is 0 Å². The molecule has 0 saturated heterocycles. The highest BCUT2D eigenvalue weighted by Gasteiger charge is 2.29. The molecule has 0 bridgehead atoms. The summed E-state index contributed by atoms with van der Waals surface area (Å²) < 4.78 is 0. The van der Waals surface area contributed by atoms with Crippen LogP contribution in [-0.4, -0.2) is 17.0 Å². The molecule has 2 N–H and O–H groups in total. The van der Waals surface area contributed by atoms with Crippen LogP contribution in [0.5, 0.6) is 0 Å². The number of hydrogen-bond donors (Lipinski definition) is 2. The molecule has 0 heterocycles. The smallest absolute Gasteiger partial charge is 0.304 e. The number of carboxylic acid groups (broad SMARTS) is 1. The van der Waals surface area contributed by atoms with Gasteiger partial charge in [-0.05, 0) is 42.5 Å². The fourth-order valence-electron chi connectivity index (χ4n) is 2.77. The molecule has 126 valence electrons. The van der Waals surface area contributed by atoms with Gasteiger partial charge < -0.3 is 10.4 Å². The van der Waals surface area contributed by atoms with Gasteiger partial charge in [-0.3, -0.25) is 9.59 Å². The molecule has 0 fully saturated rings. The minimum Gasteiger partial charge on any atom is -0.481 e. The van der Waals surface area contributed by atoms with Gasteiger partial charge in [0.15, 0.2) is 0 Å². The lowest BCUT2D eigenvalue weighted by atomic mass is 9.84. The third kappa shape index (κ3) is 4.44. The zero-order valence-electron chi connectivity index (χ0n) is 14.2. The van der Waals surface area contributed by atoms with E-state index in [9.17, 15) is 14.7 Å². The van der Waals surface area contributed by atoms with E-state index >= 15 is 0 Å². The Morgan fingerprint density at radius 3 is 2.38 bits per heavy atom. The molecule has 0 aliphatic carbocycles. The number of hydrogen-bond acceptors (Lipinski definition) is 2. The number of carbonyl (C=O) groups excluding carboxylic acids is 1. The predicted octanol–water partition coefficient (Wildman–Crippen LogP) is 4.14. The summed E-state index contributed by atoms with van der Waals surface area (Å²) in [6.45, 7) is 5.77. The summed E-state index contributed by atoms with van der Waals surface area (Å²) in [4.78, 5) is 24.0. The van der Waals surface area contributed by atoms with E-state index in [-0.39, 0.29) is 18.2 Å². The van der Waals surface area contributed by atoms with E-state index in [0.717, 1.165) is 22.4 Å². The minimum absolute atomic E-state index is 0.188. The van der Waals surface area contributed by atoms with Crippen LogP contribution >= 0.6 is 0 Å². The van der Waals surface area contributed by atoms with Gasteiger partial charge in [-0.2, -0.15) is 0 Å². The van der Waals surface area contributed by atoms with Crippen molar-refractivity contribution in [1.29, 1.82) is 0 Å². The van der Waals surface area contributed by atoms with Crippen LogP contribution in [0.4, 0.5) is 5.69 Å². The molecule has 4 nitrogen and oxygen atoms in total. The first-order chi connectivity index (χ1) is 11.4. The third-order valence-electron chi connectivity index (χ3n) is 4.31. The molecule has 4 heteroatoms. The van der Waals surface area contributed by atoms with Gasteiger partial charge in [-0.25, -0.2) is 0 Å². The number of aliphatic carboxylic acids is 1. The SMILES string of the molecule is Cc1ccc(C)c(NC(=O)[C@H](CC(=O)O)[C@@H](C)c2ccccc2)c1. The van der Waals surface area contributed by atoms with Gasteiger partial charge in [0.05, 0.1) is 12.3 Å². The molecule has 0 aliphatic rings. The highest BCUT2D eigenvalue weighted by molar-refractivity contribution is 5.95. The topological polar surface area (TPSA) is 66.4 Å². The fraction of sp³-hybridized carbons (Fsp3) is 0.300. The monoisotopic (exact) mass is 325 g/mol. The molecule has 0 unspecified atom stereocenters. The first kappa shape index (κ1) is 17.7. The maximum atomic E-state index is 12.8. The summed E-state index contributed by atoms with van der Waals surface area (Å²) in [7, 11) is 0. The van der Waals surface area contributed by atoms with Crippen molar-refractivity contribution in [3.63, 3.8) is 0 Å². The minimum atomic E-state index is -0.973. The summed E-state index contributed by atoms with van der Waals surface area (Å²) >= 11 is 0. The molecule has 0 spiro atoms. The number of aryl methyl sites for hydroxylation is 2. The standard InChI is InChI=1S/C20H23NO3/c1-13-9-10-14(2)18(11-13)21-20(24)17(12-19(22)23)15(3)16-7-5-4-6-8-16/h4-11,15,17H,12H2,1-3H3,(H,21,24)(H,22,23)/t15-,17+/m0/s1. The van der Waals surface area contributed by atoms with E-state index in [2.05, 4.69) is 5.32 Å². The molecule has 2 atom stereocenters. The van der Waals surface area contributed by atoms with E-state index in [1.807, 2.05) is 69.3 Å². The molecule has 24 heavy (non-hydrogen) atoms. The van der Waals surface area contributed by atoms with Crippen LogP contribution < -0.4 is 5.32 Å². The maximum absolute atomic E-state index is 12.8. The van der Waals surface area contributed by atoms with Crippen molar-refractivity contribution in [2.45, 2.75) is 33.1 Å². The second-order valence-electron chi connectivity index (χ2n) is 6.21.